The number of nitrogens with zero attached hydrogens (tertiary/aromatic N) is 1. The minimum Gasteiger partial charge on any atom is -0.393 e. The average molecular weight is 209 g/mol. The van der Waals surface area contributed by atoms with Gasteiger partial charge in [-0.25, -0.2) is 4.98 Å². The molecule has 0 aromatic carbocycles. The molecule has 0 saturated heterocycles. The fourth-order valence-corrected chi connectivity index (χ4v) is 2.33. The van der Waals surface area contributed by atoms with Crippen molar-refractivity contribution in [1.29, 1.82) is 0 Å². The third-order valence-electron chi connectivity index (χ3n) is 3.10. The van der Waals surface area contributed by atoms with Gasteiger partial charge in [0.25, 0.3) is 0 Å². The third-order valence-corrected chi connectivity index (χ3v) is 3.10. The fraction of sp³-hybridized carbons (Fsp3) is 0.583. The zero-order chi connectivity index (χ0) is 10.7. The van der Waals surface area contributed by atoms with Crippen molar-refractivity contribution in [2.45, 2.75) is 38.2 Å². The van der Waals surface area contributed by atoms with Gasteiger partial charge in [0.2, 0.25) is 5.95 Å². The molecule has 2 unspecified atom stereocenters. The van der Waals surface area contributed by atoms with Crippen molar-refractivity contribution in [2.75, 3.05) is 0 Å². The van der Waals surface area contributed by atoms with Gasteiger partial charge in [0, 0.05) is 11.8 Å². The van der Waals surface area contributed by atoms with Crippen LogP contribution in [0.4, 0.5) is 4.39 Å². The molecule has 2 nitrogen and oxygen atoms in total. The van der Waals surface area contributed by atoms with E-state index in [0.29, 0.717) is 17.9 Å². The summed E-state index contributed by atoms with van der Waals surface area (Å²) in [5.74, 6) is 0.0463. The highest BCUT2D eigenvalue weighted by Gasteiger charge is 2.21. The first-order valence-electron chi connectivity index (χ1n) is 5.53. The number of hydrogen-bond acceptors (Lipinski definition) is 2. The molecule has 1 aromatic heterocycles. The van der Waals surface area contributed by atoms with Gasteiger partial charge in [-0.2, -0.15) is 4.39 Å². The lowest BCUT2D eigenvalue weighted by Gasteiger charge is -2.25. The van der Waals surface area contributed by atoms with Crippen LogP contribution in [-0.4, -0.2) is 16.2 Å². The fourth-order valence-electron chi connectivity index (χ4n) is 2.33. The van der Waals surface area contributed by atoms with E-state index < -0.39 is 0 Å². The standard InChI is InChI=1S/C12H16FNO/c13-12-10(4-2-6-14-12)7-9-3-1-5-11(15)8-9/h2,4,6,9,11,15H,1,3,5,7-8H2. The van der Waals surface area contributed by atoms with E-state index in [4.69, 9.17) is 0 Å². The Hall–Kier alpha value is -0.960. The largest absolute Gasteiger partial charge is 0.393 e. The number of aliphatic hydroxyl groups excluding tert-OH is 1. The molecule has 3 heteroatoms. The SMILES string of the molecule is OC1CCCC(Cc2cccnc2F)C1. The number of rotatable bonds is 2. The molecule has 0 bridgehead atoms. The molecule has 1 fully saturated rings. The minimum atomic E-state index is -0.363. The molecule has 1 saturated carbocycles. The van der Waals surface area contributed by atoms with Gasteiger partial charge in [-0.3, -0.25) is 0 Å². The molecular weight excluding hydrogens is 193 g/mol. The van der Waals surface area contributed by atoms with Crippen LogP contribution >= 0.6 is 0 Å². The first-order valence-corrected chi connectivity index (χ1v) is 5.53. The summed E-state index contributed by atoms with van der Waals surface area (Å²) >= 11 is 0. The average Bonchev–Trinajstić information content (AvgIpc) is 2.22. The first-order chi connectivity index (χ1) is 7.25. The van der Waals surface area contributed by atoms with Gasteiger partial charge in [-0.1, -0.05) is 12.5 Å². The van der Waals surface area contributed by atoms with Gasteiger partial charge in [0.15, 0.2) is 0 Å². The van der Waals surface area contributed by atoms with Crippen LogP contribution in [-0.2, 0) is 6.42 Å². The van der Waals surface area contributed by atoms with Crippen molar-refractivity contribution in [3.63, 3.8) is 0 Å². The van der Waals surface area contributed by atoms with E-state index >= 15 is 0 Å². The topological polar surface area (TPSA) is 33.1 Å². The smallest absolute Gasteiger partial charge is 0.216 e. The van der Waals surface area contributed by atoms with E-state index in [1.54, 1.807) is 12.1 Å². The molecule has 2 atom stereocenters. The predicted octanol–water partition coefficient (Wildman–Crippen LogP) is 2.31. The zero-order valence-electron chi connectivity index (χ0n) is 8.69. The Labute approximate surface area is 89.2 Å². The van der Waals surface area contributed by atoms with Crippen molar-refractivity contribution in [1.82, 2.24) is 4.98 Å². The molecule has 1 aliphatic carbocycles. The van der Waals surface area contributed by atoms with E-state index in [-0.39, 0.29) is 12.1 Å². The third kappa shape index (κ3) is 2.75. The van der Waals surface area contributed by atoms with Crippen molar-refractivity contribution in [3.05, 3.63) is 29.8 Å². The van der Waals surface area contributed by atoms with Crippen LogP contribution in [0.2, 0.25) is 0 Å². The number of halogens is 1. The van der Waals surface area contributed by atoms with Gasteiger partial charge in [0.05, 0.1) is 6.10 Å². The van der Waals surface area contributed by atoms with E-state index in [0.717, 1.165) is 25.7 Å². The van der Waals surface area contributed by atoms with Crippen LogP contribution in [0, 0.1) is 11.9 Å². The van der Waals surface area contributed by atoms with E-state index in [1.165, 1.54) is 6.20 Å². The number of aliphatic hydroxyl groups is 1. The second-order valence-electron chi connectivity index (χ2n) is 4.34. The highest BCUT2D eigenvalue weighted by molar-refractivity contribution is 5.11. The normalized spacial score (nSPS) is 26.5. The van der Waals surface area contributed by atoms with Gasteiger partial charge < -0.3 is 5.11 Å². The minimum absolute atomic E-state index is 0.191. The maximum absolute atomic E-state index is 13.3. The highest BCUT2D eigenvalue weighted by atomic mass is 19.1. The lowest BCUT2D eigenvalue weighted by atomic mass is 9.83. The van der Waals surface area contributed by atoms with E-state index in [2.05, 4.69) is 4.98 Å². The van der Waals surface area contributed by atoms with Crippen LogP contribution in [0.1, 0.15) is 31.2 Å². The summed E-state index contributed by atoms with van der Waals surface area (Å²) in [5.41, 5.74) is 0.677. The van der Waals surface area contributed by atoms with Crippen LogP contribution in [0.25, 0.3) is 0 Å². The summed E-state index contributed by atoms with van der Waals surface area (Å²) in [7, 11) is 0. The first kappa shape index (κ1) is 10.6. The molecule has 0 spiro atoms. The number of pyridine rings is 1. The van der Waals surface area contributed by atoms with Crippen molar-refractivity contribution in [2.24, 2.45) is 5.92 Å². The Morgan fingerprint density at radius 3 is 3.07 bits per heavy atom. The lowest BCUT2D eigenvalue weighted by molar-refractivity contribution is 0.101. The maximum atomic E-state index is 13.3. The van der Waals surface area contributed by atoms with E-state index in [9.17, 15) is 9.50 Å². The summed E-state index contributed by atoms with van der Waals surface area (Å²) in [6, 6.07) is 3.54. The molecule has 1 aliphatic rings. The van der Waals surface area contributed by atoms with Crippen molar-refractivity contribution >= 4 is 0 Å². The lowest BCUT2D eigenvalue weighted by Crippen LogP contribution is -2.21. The molecule has 82 valence electrons. The molecule has 1 N–H and O–H groups in total. The summed E-state index contributed by atoms with van der Waals surface area (Å²) in [5, 5.41) is 9.52. The Morgan fingerprint density at radius 1 is 1.47 bits per heavy atom. The summed E-state index contributed by atoms with van der Waals surface area (Å²) in [4.78, 5) is 3.63. The molecule has 2 rings (SSSR count). The molecule has 0 amide bonds. The van der Waals surface area contributed by atoms with Gasteiger partial charge in [0.1, 0.15) is 0 Å². The van der Waals surface area contributed by atoms with Crippen molar-refractivity contribution in [3.8, 4) is 0 Å². The second kappa shape index (κ2) is 4.71. The predicted molar refractivity (Wildman–Crippen MR) is 55.9 cm³/mol. The summed E-state index contributed by atoms with van der Waals surface area (Å²) in [6.07, 6.45) is 5.81. The Morgan fingerprint density at radius 2 is 2.33 bits per heavy atom. The van der Waals surface area contributed by atoms with Gasteiger partial charge in [-0.15, -0.1) is 0 Å². The Kier molecular flexibility index (Phi) is 3.31. The van der Waals surface area contributed by atoms with Crippen molar-refractivity contribution < 1.29 is 9.50 Å². The maximum Gasteiger partial charge on any atom is 0.216 e. The molecule has 15 heavy (non-hydrogen) atoms. The second-order valence-corrected chi connectivity index (χ2v) is 4.34. The quantitative estimate of drug-likeness (QED) is 0.758. The molecular formula is C12H16FNO. The van der Waals surface area contributed by atoms with Gasteiger partial charge >= 0.3 is 0 Å². The van der Waals surface area contributed by atoms with Gasteiger partial charge in [-0.05, 0) is 37.7 Å². The zero-order valence-corrected chi connectivity index (χ0v) is 8.69. The monoisotopic (exact) mass is 209 g/mol. The summed E-state index contributed by atoms with van der Waals surface area (Å²) in [6.45, 7) is 0. The van der Waals surface area contributed by atoms with E-state index in [1.807, 2.05) is 0 Å². The molecule has 1 heterocycles. The van der Waals surface area contributed by atoms with Crippen LogP contribution < -0.4 is 0 Å². The molecule has 0 radical (unpaired) electrons. The van der Waals surface area contributed by atoms with Crippen LogP contribution in [0.15, 0.2) is 18.3 Å². The Balaban J connectivity index is 1.99. The Bertz CT molecular complexity index is 329. The number of hydrogen-bond donors (Lipinski definition) is 1. The molecule has 0 aliphatic heterocycles. The number of aromatic nitrogens is 1. The van der Waals surface area contributed by atoms with Crippen LogP contribution in [0.5, 0.6) is 0 Å². The van der Waals surface area contributed by atoms with Crippen LogP contribution in [0.3, 0.4) is 0 Å². The molecule has 1 aromatic rings. The highest BCUT2D eigenvalue weighted by Crippen LogP contribution is 2.27. The summed E-state index contributed by atoms with van der Waals surface area (Å²) < 4.78 is 13.3.